The zero-order chi connectivity index (χ0) is 23.4. The standard InChI is InChI=1S/C26H29N3O4/c1-17(19-13-14-19)28(15-18-9-5-4-6-10-18)22(30)16-29-23(31)26(27-24(29)32)20-11-7-8-12-21(20)33-25(26,2)3/h4-12,17,19H,13-16H2,1-3H3,(H,27,32). The molecule has 1 N–H and O–H groups in total. The lowest BCUT2D eigenvalue weighted by molar-refractivity contribution is -0.143. The number of benzene rings is 2. The Hall–Kier alpha value is -3.35. The van der Waals surface area contributed by atoms with E-state index >= 15 is 0 Å². The van der Waals surface area contributed by atoms with Crippen molar-refractivity contribution in [1.82, 2.24) is 15.1 Å². The monoisotopic (exact) mass is 447 g/mol. The fraction of sp³-hybridized carbons (Fsp3) is 0.423. The molecule has 0 radical (unpaired) electrons. The molecular formula is C26H29N3O4. The van der Waals surface area contributed by atoms with Crippen LogP contribution < -0.4 is 10.1 Å². The molecule has 2 unspecified atom stereocenters. The summed E-state index contributed by atoms with van der Waals surface area (Å²) in [7, 11) is 0. The van der Waals surface area contributed by atoms with E-state index < -0.39 is 23.1 Å². The van der Waals surface area contributed by atoms with Crippen molar-refractivity contribution in [2.75, 3.05) is 6.54 Å². The summed E-state index contributed by atoms with van der Waals surface area (Å²) in [5, 5.41) is 2.88. The summed E-state index contributed by atoms with van der Waals surface area (Å²) in [5.74, 6) is 0.344. The molecule has 2 aliphatic heterocycles. The molecule has 172 valence electrons. The Labute approximate surface area is 193 Å². The zero-order valence-corrected chi connectivity index (χ0v) is 19.2. The maximum Gasteiger partial charge on any atom is 0.325 e. The molecule has 4 amide bonds. The van der Waals surface area contributed by atoms with Gasteiger partial charge in [0.2, 0.25) is 5.91 Å². The second-order valence-corrected chi connectivity index (χ2v) is 9.77. The summed E-state index contributed by atoms with van der Waals surface area (Å²) < 4.78 is 6.05. The normalized spacial score (nSPS) is 23.8. The van der Waals surface area contributed by atoms with Crippen LogP contribution in [0, 0.1) is 5.92 Å². The van der Waals surface area contributed by atoms with Gasteiger partial charge in [0.25, 0.3) is 5.91 Å². The van der Waals surface area contributed by atoms with E-state index in [1.165, 1.54) is 0 Å². The third-order valence-corrected chi connectivity index (χ3v) is 7.27. The Bertz CT molecular complexity index is 1110. The van der Waals surface area contributed by atoms with Crippen molar-refractivity contribution in [3.63, 3.8) is 0 Å². The molecule has 2 heterocycles. The van der Waals surface area contributed by atoms with Crippen molar-refractivity contribution in [2.45, 2.75) is 57.3 Å². The summed E-state index contributed by atoms with van der Waals surface area (Å²) >= 11 is 0. The fourth-order valence-electron chi connectivity index (χ4n) is 5.15. The average molecular weight is 448 g/mol. The van der Waals surface area contributed by atoms with Gasteiger partial charge in [-0.2, -0.15) is 0 Å². The Morgan fingerprint density at radius 2 is 1.79 bits per heavy atom. The molecule has 1 saturated heterocycles. The van der Waals surface area contributed by atoms with Crippen molar-refractivity contribution in [1.29, 1.82) is 0 Å². The highest BCUT2D eigenvalue weighted by Gasteiger charge is 2.66. The van der Waals surface area contributed by atoms with E-state index in [1.54, 1.807) is 26.0 Å². The second-order valence-electron chi connectivity index (χ2n) is 9.77. The highest BCUT2D eigenvalue weighted by atomic mass is 16.5. The number of nitrogens with one attached hydrogen (secondary N) is 1. The number of hydrogen-bond acceptors (Lipinski definition) is 4. The number of urea groups is 1. The molecule has 1 aliphatic carbocycles. The first-order valence-electron chi connectivity index (χ1n) is 11.5. The number of rotatable bonds is 6. The van der Waals surface area contributed by atoms with Crippen LogP contribution in [-0.2, 0) is 21.7 Å². The largest absolute Gasteiger partial charge is 0.484 e. The van der Waals surface area contributed by atoms with Crippen molar-refractivity contribution in [3.05, 3.63) is 65.7 Å². The van der Waals surface area contributed by atoms with Gasteiger partial charge in [-0.25, -0.2) is 4.79 Å². The Morgan fingerprint density at radius 1 is 1.12 bits per heavy atom. The summed E-state index contributed by atoms with van der Waals surface area (Å²) in [5.41, 5.74) is -0.707. The minimum Gasteiger partial charge on any atom is -0.484 e. The Morgan fingerprint density at radius 3 is 2.48 bits per heavy atom. The lowest BCUT2D eigenvalue weighted by Gasteiger charge is -2.34. The molecule has 1 spiro atoms. The zero-order valence-electron chi connectivity index (χ0n) is 19.2. The first-order valence-corrected chi connectivity index (χ1v) is 11.5. The molecule has 7 nitrogen and oxygen atoms in total. The van der Waals surface area contributed by atoms with Crippen LogP contribution in [0.4, 0.5) is 4.79 Å². The molecule has 2 atom stereocenters. The van der Waals surface area contributed by atoms with E-state index in [4.69, 9.17) is 4.74 Å². The van der Waals surface area contributed by atoms with E-state index in [9.17, 15) is 14.4 Å². The molecule has 0 aromatic heterocycles. The lowest BCUT2D eigenvalue weighted by Crippen LogP contribution is -2.58. The second kappa shape index (κ2) is 7.61. The Balaban J connectivity index is 1.42. The van der Waals surface area contributed by atoms with E-state index in [2.05, 4.69) is 12.2 Å². The summed E-state index contributed by atoms with van der Waals surface area (Å²) in [6.45, 7) is 5.77. The molecule has 7 heteroatoms. The highest BCUT2D eigenvalue weighted by Crippen LogP contribution is 2.50. The number of carbonyl (C=O) groups excluding carboxylic acids is 3. The van der Waals surface area contributed by atoms with E-state index in [-0.39, 0.29) is 18.5 Å². The van der Waals surface area contributed by atoms with Crippen LogP contribution in [0.1, 0.15) is 44.7 Å². The topological polar surface area (TPSA) is 79.0 Å². The molecule has 2 aromatic rings. The maximum absolute atomic E-state index is 13.7. The third-order valence-electron chi connectivity index (χ3n) is 7.27. The quantitative estimate of drug-likeness (QED) is 0.688. The number of fused-ring (bicyclic) bond motifs is 2. The molecular weight excluding hydrogens is 418 g/mol. The fourth-order valence-corrected chi connectivity index (χ4v) is 5.15. The van der Waals surface area contributed by atoms with Gasteiger partial charge >= 0.3 is 6.03 Å². The van der Waals surface area contributed by atoms with Crippen LogP contribution >= 0.6 is 0 Å². The van der Waals surface area contributed by atoms with Gasteiger partial charge in [-0.1, -0.05) is 48.5 Å². The SMILES string of the molecule is CC(C1CC1)N(Cc1ccccc1)C(=O)CN1C(=O)NC2(C1=O)c1ccccc1OC2(C)C. The predicted molar refractivity (Wildman–Crippen MR) is 122 cm³/mol. The van der Waals surface area contributed by atoms with E-state index in [0.717, 1.165) is 23.3 Å². The minimum absolute atomic E-state index is 0.0411. The smallest absolute Gasteiger partial charge is 0.325 e. The van der Waals surface area contributed by atoms with Crippen LogP contribution in [0.5, 0.6) is 5.75 Å². The van der Waals surface area contributed by atoms with Gasteiger partial charge in [-0.15, -0.1) is 0 Å². The van der Waals surface area contributed by atoms with Gasteiger partial charge in [-0.05, 0) is 51.2 Å². The molecule has 0 bridgehead atoms. The first-order chi connectivity index (χ1) is 15.7. The molecule has 5 rings (SSSR count). The number of nitrogens with zero attached hydrogens (tertiary/aromatic N) is 2. The van der Waals surface area contributed by atoms with Crippen molar-refractivity contribution in [3.8, 4) is 5.75 Å². The summed E-state index contributed by atoms with van der Waals surface area (Å²) in [4.78, 5) is 43.1. The molecule has 1 saturated carbocycles. The van der Waals surface area contributed by atoms with Crippen molar-refractivity contribution in [2.24, 2.45) is 5.92 Å². The van der Waals surface area contributed by atoms with E-state index in [1.807, 2.05) is 47.4 Å². The maximum atomic E-state index is 13.7. The van der Waals surface area contributed by atoms with Gasteiger partial charge in [-0.3, -0.25) is 14.5 Å². The predicted octanol–water partition coefficient (Wildman–Crippen LogP) is 3.43. The minimum atomic E-state index is -1.35. The van der Waals surface area contributed by atoms with Crippen molar-refractivity contribution < 1.29 is 19.1 Å². The number of amides is 4. The summed E-state index contributed by atoms with van der Waals surface area (Å²) in [6.07, 6.45) is 2.18. The number of ether oxygens (including phenoxy) is 1. The van der Waals surface area contributed by atoms with Crippen LogP contribution in [-0.4, -0.2) is 45.8 Å². The number of para-hydroxylation sites is 1. The van der Waals surface area contributed by atoms with Crippen LogP contribution in [0.15, 0.2) is 54.6 Å². The highest BCUT2D eigenvalue weighted by molar-refractivity contribution is 6.11. The summed E-state index contributed by atoms with van der Waals surface area (Å²) in [6, 6.07) is 16.5. The Kier molecular flexibility index (Phi) is 4.96. The molecule has 33 heavy (non-hydrogen) atoms. The average Bonchev–Trinajstić information content (AvgIpc) is 3.57. The molecule has 2 fully saturated rings. The van der Waals surface area contributed by atoms with Crippen LogP contribution in [0.2, 0.25) is 0 Å². The number of hydrogen-bond donors (Lipinski definition) is 1. The molecule has 3 aliphatic rings. The van der Waals surface area contributed by atoms with Gasteiger partial charge in [0.05, 0.1) is 0 Å². The number of imide groups is 1. The van der Waals surface area contributed by atoms with Gasteiger partial charge in [0, 0.05) is 18.2 Å². The molecule has 2 aromatic carbocycles. The first kappa shape index (κ1) is 21.5. The van der Waals surface area contributed by atoms with E-state index in [0.29, 0.717) is 23.8 Å². The van der Waals surface area contributed by atoms with Gasteiger partial charge in [0.15, 0.2) is 5.54 Å². The van der Waals surface area contributed by atoms with Gasteiger partial charge in [0.1, 0.15) is 17.9 Å². The number of carbonyl (C=O) groups is 3. The van der Waals surface area contributed by atoms with Crippen molar-refractivity contribution >= 4 is 17.8 Å². The third kappa shape index (κ3) is 3.37. The van der Waals surface area contributed by atoms with Gasteiger partial charge < -0.3 is 15.0 Å². The van der Waals surface area contributed by atoms with Crippen LogP contribution in [0.3, 0.4) is 0 Å². The lowest BCUT2D eigenvalue weighted by atomic mass is 9.78. The van der Waals surface area contributed by atoms with Crippen LogP contribution in [0.25, 0.3) is 0 Å².